The van der Waals surface area contributed by atoms with E-state index in [1.807, 2.05) is 0 Å². The number of nitrogens with zero attached hydrogens (tertiary/aromatic N) is 3. The second-order valence-corrected chi connectivity index (χ2v) is 5.89. The first-order valence-corrected chi connectivity index (χ1v) is 8.59. The summed E-state index contributed by atoms with van der Waals surface area (Å²) in [6.07, 6.45) is 3.82. The zero-order valence-electron chi connectivity index (χ0n) is 15.9. The molecule has 0 fully saturated rings. The van der Waals surface area contributed by atoms with E-state index < -0.39 is 17.8 Å². The topological polar surface area (TPSA) is 95.1 Å². The molecule has 0 aliphatic carbocycles. The van der Waals surface area contributed by atoms with Gasteiger partial charge in [-0.2, -0.15) is 0 Å². The van der Waals surface area contributed by atoms with Crippen molar-refractivity contribution >= 4 is 12.2 Å². The summed E-state index contributed by atoms with van der Waals surface area (Å²) in [5, 5.41) is 14.5. The number of hydrogen-bond donors (Lipinski definition) is 1. The molecule has 1 heterocycles. The molecule has 0 aliphatic rings. The maximum Gasteiger partial charge on any atom is 0.336 e. The molecule has 1 N–H and O–H groups in total. The van der Waals surface area contributed by atoms with Gasteiger partial charge < -0.3 is 14.7 Å². The third-order valence-electron chi connectivity index (χ3n) is 3.81. The number of allylic oxidation sites excluding steroid dienone is 1. The number of carbonyl (C=O) groups is 1. The van der Waals surface area contributed by atoms with Gasteiger partial charge in [0, 0.05) is 13.5 Å². The molecule has 0 amide bonds. The smallest absolute Gasteiger partial charge is 0.336 e. The summed E-state index contributed by atoms with van der Waals surface area (Å²) in [6, 6.07) is 6.77. The van der Waals surface area contributed by atoms with Crippen molar-refractivity contribution in [1.82, 2.24) is 9.13 Å². The van der Waals surface area contributed by atoms with Gasteiger partial charge in [-0.15, -0.1) is 6.58 Å². The lowest BCUT2D eigenvalue weighted by Gasteiger charge is -2.13. The summed E-state index contributed by atoms with van der Waals surface area (Å²) in [5.74, 6) is -0.809. The lowest BCUT2D eigenvalue weighted by Crippen LogP contribution is -2.24. The number of ether oxygens (including phenoxy) is 1. The molecule has 0 saturated heterocycles. The van der Waals surface area contributed by atoms with Crippen LogP contribution in [0.15, 0.2) is 59.5 Å². The Labute approximate surface area is 162 Å². The summed E-state index contributed by atoms with van der Waals surface area (Å²) in [4.78, 5) is 29.1. The highest BCUT2D eigenvalue weighted by Gasteiger charge is 2.26. The molecule has 0 radical (unpaired) electrons. The van der Waals surface area contributed by atoms with E-state index in [1.54, 1.807) is 37.3 Å². The predicted octanol–water partition coefficient (Wildman–Crippen LogP) is 2.69. The van der Waals surface area contributed by atoms with Crippen molar-refractivity contribution in [2.45, 2.75) is 26.5 Å². The van der Waals surface area contributed by atoms with E-state index in [2.05, 4.69) is 18.3 Å². The Kier molecular flexibility index (Phi) is 6.97. The molecule has 0 bridgehead atoms. The second kappa shape index (κ2) is 9.40. The van der Waals surface area contributed by atoms with Crippen LogP contribution in [0.3, 0.4) is 0 Å². The van der Waals surface area contributed by atoms with E-state index in [0.717, 1.165) is 10.1 Å². The van der Waals surface area contributed by atoms with Crippen LogP contribution in [0, 0.1) is 0 Å². The predicted molar refractivity (Wildman–Crippen MR) is 106 cm³/mol. The number of imidazole rings is 1. The molecule has 0 spiro atoms. The van der Waals surface area contributed by atoms with Crippen LogP contribution in [0.5, 0.6) is 5.88 Å². The molecule has 1 atom stereocenters. The number of benzene rings is 1. The molecule has 0 aliphatic heterocycles. The van der Waals surface area contributed by atoms with E-state index in [1.165, 1.54) is 23.8 Å². The van der Waals surface area contributed by atoms with E-state index in [4.69, 9.17) is 9.57 Å². The molecule has 2 aromatic rings. The Hall–Kier alpha value is -3.55. The van der Waals surface area contributed by atoms with Crippen molar-refractivity contribution < 1.29 is 19.5 Å². The minimum absolute atomic E-state index is 0.158. The van der Waals surface area contributed by atoms with Crippen molar-refractivity contribution in [3.05, 3.63) is 71.3 Å². The first-order chi connectivity index (χ1) is 13.4. The lowest BCUT2D eigenvalue weighted by molar-refractivity contribution is -0.146. The number of esters is 1. The van der Waals surface area contributed by atoms with Crippen LogP contribution in [0.1, 0.15) is 31.2 Å². The number of oxime groups is 1. The van der Waals surface area contributed by atoms with Gasteiger partial charge in [0.15, 0.2) is 0 Å². The molecule has 2 rings (SSSR count). The summed E-state index contributed by atoms with van der Waals surface area (Å²) >= 11 is 0. The standard InChI is InChI=1S/C20H23N3O5/c1-5-11-22-18(14(3)28-15(4)24)19(25)23(20(22)26)17-9-7-16(8-10-17)13-21-27-12-6-2/h5-10,13-14,25H,1-2,11-12H2,3-4H3. The van der Waals surface area contributed by atoms with Crippen LogP contribution in [0.4, 0.5) is 0 Å². The van der Waals surface area contributed by atoms with Gasteiger partial charge in [0.25, 0.3) is 0 Å². The van der Waals surface area contributed by atoms with Crippen LogP contribution in [-0.2, 0) is 20.9 Å². The first-order valence-electron chi connectivity index (χ1n) is 8.59. The van der Waals surface area contributed by atoms with Crippen molar-refractivity contribution in [3.8, 4) is 11.6 Å². The average Bonchev–Trinajstić information content (AvgIpc) is 2.89. The number of rotatable bonds is 9. The fraction of sp³-hybridized carbons (Fsp3) is 0.250. The van der Waals surface area contributed by atoms with Crippen molar-refractivity contribution in [1.29, 1.82) is 0 Å². The van der Waals surface area contributed by atoms with Crippen LogP contribution < -0.4 is 5.69 Å². The van der Waals surface area contributed by atoms with E-state index in [-0.39, 0.29) is 18.1 Å². The van der Waals surface area contributed by atoms with E-state index in [9.17, 15) is 14.7 Å². The minimum atomic E-state index is -0.806. The Balaban J connectivity index is 2.44. The molecule has 1 aromatic carbocycles. The normalized spacial score (nSPS) is 11.9. The largest absolute Gasteiger partial charge is 0.493 e. The molecule has 8 nitrogen and oxygen atoms in total. The quantitative estimate of drug-likeness (QED) is 0.235. The fourth-order valence-electron chi connectivity index (χ4n) is 2.70. The zero-order valence-corrected chi connectivity index (χ0v) is 15.9. The minimum Gasteiger partial charge on any atom is -0.493 e. The average molecular weight is 385 g/mol. The molecule has 148 valence electrons. The highest BCUT2D eigenvalue weighted by atomic mass is 16.6. The first kappa shape index (κ1) is 20.8. The van der Waals surface area contributed by atoms with Gasteiger partial charge in [-0.25, -0.2) is 9.36 Å². The lowest BCUT2D eigenvalue weighted by atomic mass is 10.2. The Bertz CT molecular complexity index is 938. The Morgan fingerprint density at radius 2 is 1.96 bits per heavy atom. The molecule has 28 heavy (non-hydrogen) atoms. The number of aromatic nitrogens is 2. The van der Waals surface area contributed by atoms with Gasteiger partial charge in [0.2, 0.25) is 5.88 Å². The van der Waals surface area contributed by atoms with Gasteiger partial charge in [-0.3, -0.25) is 9.36 Å². The van der Waals surface area contributed by atoms with Crippen LogP contribution in [0.2, 0.25) is 0 Å². The maximum absolute atomic E-state index is 12.8. The molecule has 1 unspecified atom stereocenters. The summed E-state index contributed by atoms with van der Waals surface area (Å²) in [6.45, 7) is 10.5. The number of aromatic hydroxyl groups is 1. The molecular formula is C20H23N3O5. The zero-order chi connectivity index (χ0) is 20.7. The van der Waals surface area contributed by atoms with Gasteiger partial charge in [0.05, 0.1) is 11.9 Å². The second-order valence-electron chi connectivity index (χ2n) is 5.89. The molecular weight excluding hydrogens is 362 g/mol. The monoisotopic (exact) mass is 385 g/mol. The summed E-state index contributed by atoms with van der Waals surface area (Å²) in [5.41, 5.74) is 0.927. The third kappa shape index (κ3) is 4.59. The van der Waals surface area contributed by atoms with Crippen LogP contribution in [-0.4, -0.2) is 33.0 Å². The summed E-state index contributed by atoms with van der Waals surface area (Å²) in [7, 11) is 0. The third-order valence-corrected chi connectivity index (χ3v) is 3.81. The number of carbonyl (C=O) groups excluding carboxylic acids is 1. The van der Waals surface area contributed by atoms with Gasteiger partial charge in [-0.05, 0) is 24.6 Å². The van der Waals surface area contributed by atoms with E-state index in [0.29, 0.717) is 12.3 Å². The van der Waals surface area contributed by atoms with Gasteiger partial charge in [-0.1, -0.05) is 36.0 Å². The molecule has 0 saturated carbocycles. The van der Waals surface area contributed by atoms with Gasteiger partial charge >= 0.3 is 11.7 Å². The SMILES string of the molecule is C=CCON=Cc1ccc(-n2c(O)c(C(C)OC(C)=O)n(CC=C)c2=O)cc1. The van der Waals surface area contributed by atoms with Crippen molar-refractivity contribution in [3.63, 3.8) is 0 Å². The highest BCUT2D eigenvalue weighted by Crippen LogP contribution is 2.28. The Morgan fingerprint density at radius 1 is 1.29 bits per heavy atom. The summed E-state index contributed by atoms with van der Waals surface area (Å²) < 4.78 is 7.61. The Morgan fingerprint density at radius 3 is 2.54 bits per heavy atom. The molecule has 1 aromatic heterocycles. The fourth-order valence-corrected chi connectivity index (χ4v) is 2.70. The van der Waals surface area contributed by atoms with Crippen molar-refractivity contribution in [2.24, 2.45) is 5.16 Å². The van der Waals surface area contributed by atoms with Crippen LogP contribution in [0.25, 0.3) is 5.69 Å². The van der Waals surface area contributed by atoms with Crippen LogP contribution >= 0.6 is 0 Å². The van der Waals surface area contributed by atoms with Gasteiger partial charge in [0.1, 0.15) is 18.4 Å². The molecule has 8 heteroatoms. The highest BCUT2D eigenvalue weighted by molar-refractivity contribution is 5.79. The maximum atomic E-state index is 12.8. The number of hydrogen-bond acceptors (Lipinski definition) is 6. The van der Waals surface area contributed by atoms with Crippen molar-refractivity contribution in [2.75, 3.05) is 6.61 Å². The van der Waals surface area contributed by atoms with E-state index >= 15 is 0 Å².